The first-order chi connectivity index (χ1) is 15.1. The second kappa shape index (κ2) is 10.7. The molecule has 0 spiro atoms. The van der Waals surface area contributed by atoms with E-state index in [1.165, 1.54) is 21.9 Å². The van der Waals surface area contributed by atoms with Crippen molar-refractivity contribution in [2.45, 2.75) is 64.0 Å². The molecule has 2 N–H and O–H groups in total. The molecule has 0 bridgehead atoms. The van der Waals surface area contributed by atoms with E-state index in [-0.39, 0.29) is 11.5 Å². The van der Waals surface area contributed by atoms with Crippen LogP contribution in [0.5, 0.6) is 0 Å². The van der Waals surface area contributed by atoms with Gasteiger partial charge in [0.25, 0.3) is 5.56 Å². The maximum absolute atomic E-state index is 12.6. The van der Waals surface area contributed by atoms with Crippen molar-refractivity contribution >= 4 is 50.6 Å². The first-order valence-corrected chi connectivity index (χ1v) is 13.7. The Morgan fingerprint density at radius 2 is 2.13 bits per heavy atom. The summed E-state index contributed by atoms with van der Waals surface area (Å²) < 4.78 is 0. The summed E-state index contributed by atoms with van der Waals surface area (Å²) in [5.74, 6) is 2.13. The summed E-state index contributed by atoms with van der Waals surface area (Å²) in [6.45, 7) is 2.72. The van der Waals surface area contributed by atoms with Gasteiger partial charge in [-0.15, -0.1) is 22.7 Å². The molecule has 9 heteroatoms. The predicted molar refractivity (Wildman–Crippen MR) is 130 cm³/mol. The minimum Gasteiger partial charge on any atom is -0.356 e. The molecule has 3 aromatic heterocycles. The van der Waals surface area contributed by atoms with Gasteiger partial charge >= 0.3 is 0 Å². The van der Waals surface area contributed by atoms with Crippen molar-refractivity contribution in [3.05, 3.63) is 42.7 Å². The van der Waals surface area contributed by atoms with E-state index in [1.807, 2.05) is 6.92 Å². The van der Waals surface area contributed by atoms with Gasteiger partial charge in [0.1, 0.15) is 10.7 Å². The summed E-state index contributed by atoms with van der Waals surface area (Å²) >= 11 is 5.02. The third-order valence-corrected chi connectivity index (χ3v) is 8.58. The number of aromatic amines is 1. The number of nitrogens with zero attached hydrogens (tertiary/aromatic N) is 2. The van der Waals surface area contributed by atoms with Gasteiger partial charge in [-0.1, -0.05) is 0 Å². The average Bonchev–Trinajstić information content (AvgIpc) is 3.34. The number of aromatic nitrogens is 3. The normalized spacial score (nSPS) is 13.5. The van der Waals surface area contributed by atoms with Crippen LogP contribution in [0.1, 0.15) is 59.1 Å². The van der Waals surface area contributed by atoms with Gasteiger partial charge in [-0.3, -0.25) is 9.59 Å². The molecular weight excluding hydrogens is 448 g/mol. The molecule has 0 saturated carbocycles. The van der Waals surface area contributed by atoms with Crippen molar-refractivity contribution < 1.29 is 4.79 Å². The number of carbonyl (C=O) groups excluding carboxylic acids is 1. The minimum absolute atomic E-state index is 0.00866. The maximum atomic E-state index is 12.6. The highest BCUT2D eigenvalue weighted by Crippen LogP contribution is 2.33. The third-order valence-electron chi connectivity index (χ3n) is 5.39. The number of hydrogen-bond donors (Lipinski definition) is 2. The Balaban J connectivity index is 1.15. The Hall–Kier alpha value is -1.71. The molecule has 166 valence electrons. The summed E-state index contributed by atoms with van der Waals surface area (Å²) in [6.07, 6.45) is 7.89. The molecule has 6 nitrogen and oxygen atoms in total. The summed E-state index contributed by atoms with van der Waals surface area (Å²) in [7, 11) is 0. The van der Waals surface area contributed by atoms with Gasteiger partial charge in [0.2, 0.25) is 5.91 Å². The summed E-state index contributed by atoms with van der Waals surface area (Å²) in [5.41, 5.74) is 2.29. The number of thioether (sulfide) groups is 1. The van der Waals surface area contributed by atoms with Crippen molar-refractivity contribution in [2.24, 2.45) is 0 Å². The molecular formula is C22H28N4O2S3. The molecule has 31 heavy (non-hydrogen) atoms. The first kappa shape index (κ1) is 22.5. The van der Waals surface area contributed by atoms with E-state index in [9.17, 15) is 9.59 Å². The number of amides is 1. The SMILES string of the molecule is Cc1csc(CCCCNC(=O)CCSCc2nc3sc4c(c3c(=O)[nH]2)CCCC4)n1. The Morgan fingerprint density at radius 3 is 2.97 bits per heavy atom. The van der Waals surface area contributed by atoms with E-state index >= 15 is 0 Å². The zero-order chi connectivity index (χ0) is 21.6. The smallest absolute Gasteiger partial charge is 0.259 e. The van der Waals surface area contributed by atoms with Gasteiger partial charge in [-0.2, -0.15) is 11.8 Å². The zero-order valence-electron chi connectivity index (χ0n) is 17.8. The lowest BCUT2D eigenvalue weighted by atomic mass is 9.97. The predicted octanol–water partition coefficient (Wildman–Crippen LogP) is 4.39. The van der Waals surface area contributed by atoms with Crippen LogP contribution in [-0.2, 0) is 29.8 Å². The Labute approximate surface area is 194 Å². The average molecular weight is 477 g/mol. The molecule has 0 aromatic carbocycles. The van der Waals surface area contributed by atoms with Crippen molar-refractivity contribution in [2.75, 3.05) is 12.3 Å². The lowest BCUT2D eigenvalue weighted by Gasteiger charge is -2.09. The molecule has 0 aliphatic heterocycles. The number of thiazole rings is 1. The van der Waals surface area contributed by atoms with Gasteiger partial charge in [-0.25, -0.2) is 9.97 Å². The molecule has 3 heterocycles. The number of aryl methyl sites for hydroxylation is 4. The Bertz CT molecular complexity index is 1100. The summed E-state index contributed by atoms with van der Waals surface area (Å²) in [6, 6.07) is 0. The lowest BCUT2D eigenvalue weighted by Crippen LogP contribution is -2.24. The third kappa shape index (κ3) is 5.96. The fourth-order valence-electron chi connectivity index (χ4n) is 3.85. The van der Waals surface area contributed by atoms with Crippen molar-refractivity contribution in [3.63, 3.8) is 0 Å². The van der Waals surface area contributed by atoms with Crippen molar-refractivity contribution in [3.8, 4) is 0 Å². The molecule has 4 rings (SSSR count). The first-order valence-electron chi connectivity index (χ1n) is 10.9. The second-order valence-corrected chi connectivity index (χ2v) is 11.0. The summed E-state index contributed by atoms with van der Waals surface area (Å²) in [5, 5.41) is 7.05. The van der Waals surface area contributed by atoms with Gasteiger partial charge < -0.3 is 10.3 Å². The summed E-state index contributed by atoms with van der Waals surface area (Å²) in [4.78, 5) is 38.9. The van der Waals surface area contributed by atoms with Crippen LogP contribution in [0.4, 0.5) is 0 Å². The molecule has 1 aliphatic carbocycles. The van der Waals surface area contributed by atoms with Crippen molar-refractivity contribution in [1.82, 2.24) is 20.3 Å². The Kier molecular flexibility index (Phi) is 7.79. The van der Waals surface area contributed by atoms with Gasteiger partial charge in [0.05, 0.1) is 16.1 Å². The van der Waals surface area contributed by atoms with E-state index in [2.05, 4.69) is 20.7 Å². The van der Waals surface area contributed by atoms with Crippen LogP contribution in [0.25, 0.3) is 10.2 Å². The number of thiophene rings is 1. The highest BCUT2D eigenvalue weighted by atomic mass is 32.2. The van der Waals surface area contributed by atoms with Crippen LogP contribution < -0.4 is 10.9 Å². The van der Waals surface area contributed by atoms with Crippen LogP contribution in [0, 0.1) is 6.92 Å². The fraction of sp³-hybridized carbons (Fsp3) is 0.545. The fourth-order valence-corrected chi connectivity index (χ4v) is 6.75. The topological polar surface area (TPSA) is 87.7 Å². The highest BCUT2D eigenvalue weighted by Gasteiger charge is 2.19. The number of nitrogens with one attached hydrogen (secondary N) is 2. The molecule has 0 atom stereocenters. The van der Waals surface area contributed by atoms with Gasteiger partial charge in [-0.05, 0) is 57.4 Å². The van der Waals surface area contributed by atoms with Gasteiger partial charge in [0.15, 0.2) is 0 Å². The van der Waals surface area contributed by atoms with Crippen LogP contribution in [0.15, 0.2) is 10.2 Å². The maximum Gasteiger partial charge on any atom is 0.259 e. The largest absolute Gasteiger partial charge is 0.356 e. The van der Waals surface area contributed by atoms with Crippen molar-refractivity contribution in [1.29, 1.82) is 0 Å². The monoisotopic (exact) mass is 476 g/mol. The molecule has 1 aliphatic rings. The molecule has 0 fully saturated rings. The Morgan fingerprint density at radius 1 is 1.26 bits per heavy atom. The number of fused-ring (bicyclic) bond motifs is 3. The standard InChI is InChI=1S/C22H28N4O2S3/c1-14-12-30-19(24-14)8-4-5-10-23-18(27)9-11-29-13-17-25-21(28)20-15-6-2-3-7-16(15)31-22(20)26-17/h12H,2-11,13H2,1H3,(H,23,27)(H,25,26,28). The number of carbonyl (C=O) groups is 1. The molecule has 0 radical (unpaired) electrons. The number of unbranched alkanes of at least 4 members (excludes halogenated alkanes) is 1. The number of hydrogen-bond acceptors (Lipinski definition) is 7. The van der Waals surface area contributed by atoms with Crippen LogP contribution in [-0.4, -0.2) is 33.2 Å². The van der Waals surface area contributed by atoms with E-state index in [4.69, 9.17) is 4.98 Å². The van der Waals surface area contributed by atoms with E-state index in [0.29, 0.717) is 30.3 Å². The van der Waals surface area contributed by atoms with Crippen LogP contribution in [0.2, 0.25) is 0 Å². The van der Waals surface area contributed by atoms with Gasteiger partial charge in [0, 0.05) is 34.7 Å². The molecule has 0 saturated heterocycles. The number of H-pyrrole nitrogens is 1. The molecule has 3 aromatic rings. The highest BCUT2D eigenvalue weighted by molar-refractivity contribution is 7.98. The van der Waals surface area contributed by atoms with E-state index < -0.39 is 0 Å². The molecule has 1 amide bonds. The van der Waals surface area contributed by atoms with E-state index in [0.717, 1.165) is 54.4 Å². The quantitative estimate of drug-likeness (QED) is 0.424. The van der Waals surface area contributed by atoms with Crippen LogP contribution in [0.3, 0.4) is 0 Å². The van der Waals surface area contributed by atoms with Crippen LogP contribution >= 0.6 is 34.4 Å². The minimum atomic E-state index is -0.00866. The molecule has 0 unspecified atom stereocenters. The second-order valence-electron chi connectivity index (χ2n) is 7.90. The zero-order valence-corrected chi connectivity index (χ0v) is 20.2. The number of rotatable bonds is 10. The van der Waals surface area contributed by atoms with E-state index in [1.54, 1.807) is 34.4 Å². The lowest BCUT2D eigenvalue weighted by molar-refractivity contribution is -0.120.